The first-order valence-electron chi connectivity index (χ1n) is 7.28. The minimum atomic E-state index is -0.198. The first-order valence-corrected chi connectivity index (χ1v) is 7.28. The van der Waals surface area contributed by atoms with E-state index in [2.05, 4.69) is 15.6 Å². The fourth-order valence-corrected chi connectivity index (χ4v) is 2.51. The van der Waals surface area contributed by atoms with Gasteiger partial charge in [0.15, 0.2) is 0 Å². The zero-order chi connectivity index (χ0) is 15.5. The number of fused-ring (bicyclic) bond motifs is 1. The highest BCUT2D eigenvalue weighted by Crippen LogP contribution is 2.23. The largest absolute Gasteiger partial charge is 0.326 e. The van der Waals surface area contributed by atoms with Crippen molar-refractivity contribution in [3.63, 3.8) is 0 Å². The first-order chi connectivity index (χ1) is 10.6. The number of hydrogen-bond acceptors (Lipinski definition) is 3. The Kier molecular flexibility index (Phi) is 3.87. The lowest BCUT2D eigenvalue weighted by Crippen LogP contribution is -2.14. The molecule has 0 radical (unpaired) electrons. The molecule has 2 aromatic rings. The molecule has 1 aliphatic heterocycles. The van der Waals surface area contributed by atoms with Gasteiger partial charge in [-0.3, -0.25) is 9.59 Å². The Morgan fingerprint density at radius 3 is 2.91 bits per heavy atom. The molecule has 0 atom stereocenters. The Bertz CT molecular complexity index is 740. The molecule has 2 N–H and O–H groups in total. The molecule has 1 aromatic carbocycles. The molecule has 5 nitrogen and oxygen atoms in total. The van der Waals surface area contributed by atoms with Crippen LogP contribution in [0.4, 0.5) is 11.5 Å². The number of anilines is 2. The number of rotatable bonds is 2. The van der Waals surface area contributed by atoms with Gasteiger partial charge < -0.3 is 10.6 Å². The SMILES string of the molecule is Cc1ccnc(NC(=O)c2ccc3c(c2)CCCC(=O)N3)c1. The lowest BCUT2D eigenvalue weighted by molar-refractivity contribution is -0.116. The highest BCUT2D eigenvalue weighted by atomic mass is 16.2. The Morgan fingerprint density at radius 2 is 2.09 bits per heavy atom. The molecule has 2 amide bonds. The van der Waals surface area contributed by atoms with E-state index in [4.69, 9.17) is 0 Å². The first kappa shape index (κ1) is 14.3. The van der Waals surface area contributed by atoms with E-state index in [1.54, 1.807) is 18.3 Å². The van der Waals surface area contributed by atoms with Gasteiger partial charge in [0.05, 0.1) is 0 Å². The third kappa shape index (κ3) is 3.14. The number of pyridine rings is 1. The quantitative estimate of drug-likeness (QED) is 0.895. The van der Waals surface area contributed by atoms with E-state index < -0.39 is 0 Å². The molecule has 0 fully saturated rings. The molecule has 0 saturated heterocycles. The van der Waals surface area contributed by atoms with Crippen molar-refractivity contribution in [3.05, 3.63) is 53.2 Å². The summed E-state index contributed by atoms with van der Waals surface area (Å²) >= 11 is 0. The van der Waals surface area contributed by atoms with Gasteiger partial charge in [0.1, 0.15) is 5.82 Å². The third-order valence-electron chi connectivity index (χ3n) is 3.65. The molecule has 2 heterocycles. The standard InChI is InChI=1S/C17H17N3O2/c1-11-7-8-18-15(9-11)20-17(22)13-5-6-14-12(10-13)3-2-4-16(21)19-14/h5-10H,2-4H2,1H3,(H,19,21)(H,18,20,22). The van der Waals surface area contributed by atoms with Gasteiger partial charge in [-0.2, -0.15) is 0 Å². The van der Waals surface area contributed by atoms with Crippen LogP contribution in [0, 0.1) is 6.92 Å². The zero-order valence-electron chi connectivity index (χ0n) is 12.3. The number of aryl methyl sites for hydroxylation is 2. The van der Waals surface area contributed by atoms with Crippen LogP contribution in [0.3, 0.4) is 0 Å². The predicted molar refractivity (Wildman–Crippen MR) is 84.9 cm³/mol. The van der Waals surface area contributed by atoms with Crippen molar-refractivity contribution in [3.8, 4) is 0 Å². The number of nitrogens with zero attached hydrogens (tertiary/aromatic N) is 1. The summed E-state index contributed by atoms with van der Waals surface area (Å²) in [6.45, 7) is 1.95. The van der Waals surface area contributed by atoms with E-state index in [0.717, 1.165) is 29.7 Å². The zero-order valence-corrected chi connectivity index (χ0v) is 12.3. The van der Waals surface area contributed by atoms with Crippen LogP contribution in [0.2, 0.25) is 0 Å². The number of benzene rings is 1. The van der Waals surface area contributed by atoms with Crippen molar-refractivity contribution in [1.82, 2.24) is 4.98 Å². The molecule has 0 aliphatic carbocycles. The number of carbonyl (C=O) groups is 2. The summed E-state index contributed by atoms with van der Waals surface area (Å²) in [5.74, 6) is 0.365. The Labute approximate surface area is 128 Å². The predicted octanol–water partition coefficient (Wildman–Crippen LogP) is 2.92. The second-order valence-corrected chi connectivity index (χ2v) is 5.45. The average Bonchev–Trinajstić information content (AvgIpc) is 2.67. The van der Waals surface area contributed by atoms with Crippen molar-refractivity contribution in [2.75, 3.05) is 10.6 Å². The maximum absolute atomic E-state index is 12.3. The van der Waals surface area contributed by atoms with Gasteiger partial charge in [-0.1, -0.05) is 0 Å². The smallest absolute Gasteiger partial charge is 0.256 e. The normalized spacial score (nSPS) is 13.8. The van der Waals surface area contributed by atoms with Crippen LogP contribution in [-0.2, 0) is 11.2 Å². The van der Waals surface area contributed by atoms with E-state index in [0.29, 0.717) is 17.8 Å². The lowest BCUT2D eigenvalue weighted by atomic mass is 10.0. The minimum absolute atomic E-state index is 0.0277. The number of hydrogen-bond donors (Lipinski definition) is 2. The van der Waals surface area contributed by atoms with Crippen LogP contribution in [0.25, 0.3) is 0 Å². The summed E-state index contributed by atoms with van der Waals surface area (Å²) < 4.78 is 0. The van der Waals surface area contributed by atoms with Crippen LogP contribution in [-0.4, -0.2) is 16.8 Å². The summed E-state index contributed by atoms with van der Waals surface area (Å²) in [7, 11) is 0. The summed E-state index contributed by atoms with van der Waals surface area (Å²) in [6, 6.07) is 9.04. The summed E-state index contributed by atoms with van der Waals surface area (Å²) in [5.41, 5.74) is 3.40. The summed E-state index contributed by atoms with van der Waals surface area (Å²) in [6.07, 6.45) is 3.77. The molecule has 22 heavy (non-hydrogen) atoms. The van der Waals surface area contributed by atoms with Gasteiger partial charge in [0, 0.05) is 23.9 Å². The van der Waals surface area contributed by atoms with Gasteiger partial charge in [-0.15, -0.1) is 0 Å². The summed E-state index contributed by atoms with van der Waals surface area (Å²) in [5, 5.41) is 5.66. The molecule has 1 aliphatic rings. The lowest BCUT2D eigenvalue weighted by Gasteiger charge is -2.10. The molecule has 0 unspecified atom stereocenters. The van der Waals surface area contributed by atoms with Crippen molar-refractivity contribution >= 4 is 23.3 Å². The molecule has 3 rings (SSSR count). The molecule has 0 spiro atoms. The maximum atomic E-state index is 12.3. The molecule has 1 aromatic heterocycles. The number of nitrogens with one attached hydrogen (secondary N) is 2. The fourth-order valence-electron chi connectivity index (χ4n) is 2.51. The van der Waals surface area contributed by atoms with E-state index >= 15 is 0 Å². The molecule has 0 saturated carbocycles. The highest BCUT2D eigenvalue weighted by molar-refractivity contribution is 6.04. The number of aromatic nitrogens is 1. The van der Waals surface area contributed by atoms with Crippen LogP contribution in [0.1, 0.15) is 34.3 Å². The van der Waals surface area contributed by atoms with Crippen LogP contribution in [0.15, 0.2) is 36.5 Å². The van der Waals surface area contributed by atoms with Gasteiger partial charge in [0.25, 0.3) is 5.91 Å². The third-order valence-corrected chi connectivity index (χ3v) is 3.65. The van der Waals surface area contributed by atoms with Crippen LogP contribution < -0.4 is 10.6 Å². The van der Waals surface area contributed by atoms with E-state index in [9.17, 15) is 9.59 Å². The number of carbonyl (C=O) groups excluding carboxylic acids is 2. The van der Waals surface area contributed by atoms with Gasteiger partial charge in [-0.05, 0) is 61.2 Å². The summed E-state index contributed by atoms with van der Waals surface area (Å²) in [4.78, 5) is 28.0. The van der Waals surface area contributed by atoms with Crippen molar-refractivity contribution in [1.29, 1.82) is 0 Å². The Morgan fingerprint density at radius 1 is 1.23 bits per heavy atom. The monoisotopic (exact) mass is 295 g/mol. The van der Waals surface area contributed by atoms with Crippen molar-refractivity contribution < 1.29 is 9.59 Å². The average molecular weight is 295 g/mol. The number of amides is 2. The topological polar surface area (TPSA) is 71.1 Å². The van der Waals surface area contributed by atoms with Crippen molar-refractivity contribution in [2.45, 2.75) is 26.2 Å². The van der Waals surface area contributed by atoms with Gasteiger partial charge in [0.2, 0.25) is 5.91 Å². The van der Waals surface area contributed by atoms with E-state index in [1.165, 1.54) is 0 Å². The second-order valence-electron chi connectivity index (χ2n) is 5.45. The van der Waals surface area contributed by atoms with Gasteiger partial charge >= 0.3 is 0 Å². The molecule has 0 bridgehead atoms. The second kappa shape index (κ2) is 5.97. The van der Waals surface area contributed by atoms with Crippen LogP contribution >= 0.6 is 0 Å². The fraction of sp³-hybridized carbons (Fsp3) is 0.235. The van der Waals surface area contributed by atoms with Crippen LogP contribution in [0.5, 0.6) is 0 Å². The Balaban J connectivity index is 1.81. The van der Waals surface area contributed by atoms with Crippen molar-refractivity contribution in [2.24, 2.45) is 0 Å². The minimum Gasteiger partial charge on any atom is -0.326 e. The Hall–Kier alpha value is -2.69. The van der Waals surface area contributed by atoms with E-state index in [-0.39, 0.29) is 11.8 Å². The highest BCUT2D eigenvalue weighted by Gasteiger charge is 2.15. The molecule has 112 valence electrons. The molecule has 5 heteroatoms. The maximum Gasteiger partial charge on any atom is 0.256 e. The molecular formula is C17H17N3O2. The molecular weight excluding hydrogens is 278 g/mol. The van der Waals surface area contributed by atoms with Gasteiger partial charge in [-0.25, -0.2) is 4.98 Å². The van der Waals surface area contributed by atoms with E-state index in [1.807, 2.05) is 25.1 Å².